The average Bonchev–Trinajstić information content (AvgIpc) is 2.60. The van der Waals surface area contributed by atoms with Crippen molar-refractivity contribution >= 4 is 40.9 Å². The maximum atomic E-state index is 12.5. The lowest BCUT2D eigenvalue weighted by atomic mass is 10.1. The highest BCUT2D eigenvalue weighted by atomic mass is 35.5. The molecular weight excluding hydrogens is 356 g/mol. The molecule has 0 saturated carbocycles. The number of carbonyl (C=O) groups is 2. The second-order valence-corrected chi connectivity index (χ2v) is 6.83. The summed E-state index contributed by atoms with van der Waals surface area (Å²) in [5, 5.41) is 6.05. The Balaban J connectivity index is 2.19. The van der Waals surface area contributed by atoms with E-state index in [1.165, 1.54) is 0 Å². The van der Waals surface area contributed by atoms with Gasteiger partial charge in [-0.25, -0.2) is 0 Å². The van der Waals surface area contributed by atoms with Gasteiger partial charge in [0.05, 0.1) is 11.3 Å². The molecular formula is C19H21ClN2O2S. The number of amides is 2. The summed E-state index contributed by atoms with van der Waals surface area (Å²) in [7, 11) is 0. The normalized spacial score (nSPS) is 10.4. The van der Waals surface area contributed by atoms with Crippen molar-refractivity contribution < 1.29 is 9.59 Å². The van der Waals surface area contributed by atoms with E-state index in [0.29, 0.717) is 28.4 Å². The Labute approximate surface area is 157 Å². The van der Waals surface area contributed by atoms with E-state index < -0.39 is 0 Å². The first-order chi connectivity index (χ1) is 12.0. The molecule has 0 aromatic heterocycles. The van der Waals surface area contributed by atoms with Gasteiger partial charge in [0, 0.05) is 22.9 Å². The number of carbonyl (C=O) groups excluding carboxylic acids is 2. The molecule has 0 saturated heterocycles. The third-order valence-corrected chi connectivity index (χ3v) is 4.39. The standard InChI is InChI=1S/C19H21ClN2O2S/c1-3-10-21-19(24)16-9-8-15(20)11-17(16)22-18(23)14-6-4-13(5-7-14)12-25-2/h4-9,11H,3,10,12H2,1-2H3,(H,21,24)(H,22,23). The van der Waals surface area contributed by atoms with Crippen LogP contribution in [0.5, 0.6) is 0 Å². The second-order valence-electron chi connectivity index (χ2n) is 5.53. The second kappa shape index (κ2) is 9.49. The zero-order valence-corrected chi connectivity index (χ0v) is 15.8. The Morgan fingerprint density at radius 3 is 2.44 bits per heavy atom. The molecule has 0 aliphatic heterocycles. The number of thioether (sulfide) groups is 1. The van der Waals surface area contributed by atoms with Gasteiger partial charge in [-0.05, 0) is 48.6 Å². The third kappa shape index (κ3) is 5.51. The molecule has 0 aliphatic carbocycles. The SMILES string of the molecule is CCCNC(=O)c1ccc(Cl)cc1NC(=O)c1ccc(CSC)cc1. The Kier molecular flexibility index (Phi) is 7.34. The maximum Gasteiger partial charge on any atom is 0.255 e. The molecule has 2 N–H and O–H groups in total. The van der Waals surface area contributed by atoms with Crippen molar-refractivity contribution in [1.82, 2.24) is 5.32 Å². The van der Waals surface area contributed by atoms with Crippen molar-refractivity contribution in [3.63, 3.8) is 0 Å². The first-order valence-electron chi connectivity index (χ1n) is 8.02. The molecule has 2 amide bonds. The van der Waals surface area contributed by atoms with Crippen LogP contribution in [0.4, 0.5) is 5.69 Å². The van der Waals surface area contributed by atoms with Crippen LogP contribution in [0.25, 0.3) is 0 Å². The number of hydrogen-bond acceptors (Lipinski definition) is 3. The van der Waals surface area contributed by atoms with Crippen LogP contribution in [0, 0.1) is 0 Å². The largest absolute Gasteiger partial charge is 0.352 e. The first-order valence-corrected chi connectivity index (χ1v) is 9.79. The highest BCUT2D eigenvalue weighted by Crippen LogP contribution is 2.22. The van der Waals surface area contributed by atoms with Gasteiger partial charge in [-0.3, -0.25) is 9.59 Å². The van der Waals surface area contributed by atoms with Gasteiger partial charge < -0.3 is 10.6 Å². The Morgan fingerprint density at radius 1 is 1.08 bits per heavy atom. The minimum atomic E-state index is -0.275. The Morgan fingerprint density at radius 2 is 1.80 bits per heavy atom. The van der Waals surface area contributed by atoms with Crippen LogP contribution in [0.1, 0.15) is 39.6 Å². The lowest BCUT2D eigenvalue weighted by Crippen LogP contribution is -2.25. The lowest BCUT2D eigenvalue weighted by Gasteiger charge is -2.12. The number of nitrogens with one attached hydrogen (secondary N) is 2. The highest BCUT2D eigenvalue weighted by Gasteiger charge is 2.15. The van der Waals surface area contributed by atoms with E-state index in [1.807, 2.05) is 25.3 Å². The smallest absolute Gasteiger partial charge is 0.255 e. The molecule has 6 heteroatoms. The number of anilines is 1. The van der Waals surface area contributed by atoms with E-state index in [-0.39, 0.29) is 11.8 Å². The van der Waals surface area contributed by atoms with E-state index in [0.717, 1.165) is 17.7 Å². The minimum absolute atomic E-state index is 0.232. The average molecular weight is 377 g/mol. The first kappa shape index (κ1) is 19.3. The van der Waals surface area contributed by atoms with E-state index in [9.17, 15) is 9.59 Å². The molecule has 0 unspecified atom stereocenters. The number of rotatable bonds is 7. The molecule has 132 valence electrons. The fraction of sp³-hybridized carbons (Fsp3) is 0.263. The lowest BCUT2D eigenvalue weighted by molar-refractivity contribution is 0.0954. The van der Waals surface area contributed by atoms with Crippen molar-refractivity contribution in [2.45, 2.75) is 19.1 Å². The van der Waals surface area contributed by atoms with E-state index >= 15 is 0 Å². The molecule has 4 nitrogen and oxygen atoms in total. The topological polar surface area (TPSA) is 58.2 Å². The van der Waals surface area contributed by atoms with Crippen LogP contribution in [0.3, 0.4) is 0 Å². The summed E-state index contributed by atoms with van der Waals surface area (Å²) in [6, 6.07) is 12.3. The van der Waals surface area contributed by atoms with Crippen LogP contribution >= 0.6 is 23.4 Å². The summed E-state index contributed by atoms with van der Waals surface area (Å²) in [6.45, 7) is 2.55. The van der Waals surface area contributed by atoms with Crippen molar-refractivity contribution in [3.05, 3.63) is 64.2 Å². The van der Waals surface area contributed by atoms with Gasteiger partial charge in [0.15, 0.2) is 0 Å². The highest BCUT2D eigenvalue weighted by molar-refractivity contribution is 7.97. The summed E-state index contributed by atoms with van der Waals surface area (Å²) in [4.78, 5) is 24.8. The van der Waals surface area contributed by atoms with Crippen LogP contribution in [0.15, 0.2) is 42.5 Å². The molecule has 0 atom stereocenters. The molecule has 0 bridgehead atoms. The fourth-order valence-corrected chi connectivity index (χ4v) is 2.96. The Bertz CT molecular complexity index is 748. The molecule has 0 spiro atoms. The van der Waals surface area contributed by atoms with Crippen LogP contribution in [0.2, 0.25) is 5.02 Å². The monoisotopic (exact) mass is 376 g/mol. The van der Waals surface area contributed by atoms with E-state index in [2.05, 4.69) is 10.6 Å². The van der Waals surface area contributed by atoms with E-state index in [4.69, 9.17) is 11.6 Å². The van der Waals surface area contributed by atoms with Crippen molar-refractivity contribution in [2.24, 2.45) is 0 Å². The van der Waals surface area contributed by atoms with Crippen molar-refractivity contribution in [1.29, 1.82) is 0 Å². The molecule has 0 heterocycles. The van der Waals surface area contributed by atoms with Gasteiger partial charge in [-0.1, -0.05) is 30.7 Å². The number of hydrogen-bond donors (Lipinski definition) is 2. The summed E-state index contributed by atoms with van der Waals surface area (Å²) in [5.41, 5.74) is 2.49. The van der Waals surface area contributed by atoms with Crippen molar-refractivity contribution in [2.75, 3.05) is 18.1 Å². The van der Waals surface area contributed by atoms with E-state index in [1.54, 1.807) is 42.1 Å². The zero-order chi connectivity index (χ0) is 18.2. The summed E-state index contributed by atoms with van der Waals surface area (Å²) in [6.07, 6.45) is 2.87. The van der Waals surface area contributed by atoms with Gasteiger partial charge in [0.1, 0.15) is 0 Å². The molecule has 2 aromatic rings. The van der Waals surface area contributed by atoms with Gasteiger partial charge in [-0.15, -0.1) is 0 Å². The molecule has 25 heavy (non-hydrogen) atoms. The maximum absolute atomic E-state index is 12.5. The van der Waals surface area contributed by atoms with Gasteiger partial charge in [-0.2, -0.15) is 11.8 Å². The molecule has 0 radical (unpaired) electrons. The van der Waals surface area contributed by atoms with Crippen molar-refractivity contribution in [3.8, 4) is 0 Å². The summed E-state index contributed by atoms with van der Waals surface area (Å²) >= 11 is 7.75. The number of halogens is 1. The number of benzene rings is 2. The summed E-state index contributed by atoms with van der Waals surface area (Å²) in [5.74, 6) is 0.393. The molecule has 0 aliphatic rings. The van der Waals surface area contributed by atoms with Crippen LogP contribution in [-0.4, -0.2) is 24.6 Å². The third-order valence-electron chi connectivity index (χ3n) is 3.54. The molecule has 2 aromatic carbocycles. The van der Waals surface area contributed by atoms with Crippen LogP contribution in [-0.2, 0) is 5.75 Å². The quantitative estimate of drug-likeness (QED) is 0.742. The zero-order valence-electron chi connectivity index (χ0n) is 14.3. The van der Waals surface area contributed by atoms with Gasteiger partial charge >= 0.3 is 0 Å². The Hall–Kier alpha value is -1.98. The minimum Gasteiger partial charge on any atom is -0.352 e. The van der Waals surface area contributed by atoms with Crippen LogP contribution < -0.4 is 10.6 Å². The summed E-state index contributed by atoms with van der Waals surface area (Å²) < 4.78 is 0. The van der Waals surface area contributed by atoms with Gasteiger partial charge in [0.25, 0.3) is 11.8 Å². The van der Waals surface area contributed by atoms with Gasteiger partial charge in [0.2, 0.25) is 0 Å². The predicted octanol–water partition coefficient (Wildman–Crippen LogP) is 4.60. The predicted molar refractivity (Wildman–Crippen MR) is 106 cm³/mol. The molecule has 2 rings (SSSR count). The molecule has 0 fully saturated rings. The fourth-order valence-electron chi connectivity index (χ4n) is 2.27.